The highest BCUT2D eigenvalue weighted by Gasteiger charge is 2.20. The first kappa shape index (κ1) is 11.2. The number of benzene rings is 1. The monoisotopic (exact) mass is 245 g/mol. The van der Waals surface area contributed by atoms with Gasteiger partial charge in [0.25, 0.3) is 5.91 Å². The number of hydrogen-bond acceptors (Lipinski definition) is 4. The second-order valence-electron chi connectivity index (χ2n) is 4.63. The van der Waals surface area contributed by atoms with Crippen LogP contribution in [0.2, 0.25) is 0 Å². The van der Waals surface area contributed by atoms with Gasteiger partial charge in [-0.2, -0.15) is 0 Å². The van der Waals surface area contributed by atoms with E-state index in [0.29, 0.717) is 11.1 Å². The van der Waals surface area contributed by atoms with Gasteiger partial charge in [0.1, 0.15) is 5.52 Å². The molecule has 1 amide bonds. The normalized spacial score (nSPS) is 17.3. The largest absolute Gasteiger partial charge is 0.443 e. The number of carbonyl (C=O) groups excluding carboxylic acids is 1. The van der Waals surface area contributed by atoms with E-state index in [9.17, 15) is 4.79 Å². The van der Waals surface area contributed by atoms with Gasteiger partial charge < -0.3 is 14.2 Å². The van der Waals surface area contributed by atoms with Crippen molar-refractivity contribution < 1.29 is 9.21 Å². The van der Waals surface area contributed by atoms with E-state index >= 15 is 0 Å². The zero-order valence-electron chi connectivity index (χ0n) is 10.3. The number of hydrogen-bond donors (Lipinski definition) is 0. The number of aromatic nitrogens is 1. The van der Waals surface area contributed by atoms with Crippen LogP contribution in [-0.4, -0.2) is 53.9 Å². The molecule has 1 fully saturated rings. The van der Waals surface area contributed by atoms with Gasteiger partial charge in [-0.05, 0) is 25.2 Å². The molecule has 1 saturated heterocycles. The molecule has 3 rings (SSSR count). The summed E-state index contributed by atoms with van der Waals surface area (Å²) in [6, 6.07) is 5.40. The lowest BCUT2D eigenvalue weighted by Gasteiger charge is -2.32. The Bertz CT molecular complexity index is 570. The lowest BCUT2D eigenvalue weighted by molar-refractivity contribution is 0.0664. The molecule has 2 heterocycles. The Morgan fingerprint density at radius 3 is 2.83 bits per heavy atom. The molecule has 0 aliphatic carbocycles. The highest BCUT2D eigenvalue weighted by atomic mass is 16.3. The minimum atomic E-state index is 0.0707. The molecular formula is C13H15N3O2. The van der Waals surface area contributed by atoms with Gasteiger partial charge in [0, 0.05) is 31.7 Å². The molecule has 1 aromatic heterocycles. The molecule has 0 bridgehead atoms. The number of oxazole rings is 1. The summed E-state index contributed by atoms with van der Waals surface area (Å²) in [6.45, 7) is 3.42. The van der Waals surface area contributed by atoms with Gasteiger partial charge in [-0.1, -0.05) is 0 Å². The number of carbonyl (C=O) groups is 1. The Morgan fingerprint density at radius 1 is 1.28 bits per heavy atom. The molecular weight excluding hydrogens is 230 g/mol. The van der Waals surface area contributed by atoms with Crippen LogP contribution in [0.25, 0.3) is 11.1 Å². The summed E-state index contributed by atoms with van der Waals surface area (Å²) in [5, 5.41) is 0. The van der Waals surface area contributed by atoms with Gasteiger partial charge in [0.15, 0.2) is 12.0 Å². The van der Waals surface area contributed by atoms with Crippen LogP contribution in [-0.2, 0) is 0 Å². The van der Waals surface area contributed by atoms with Crippen molar-refractivity contribution in [2.24, 2.45) is 0 Å². The van der Waals surface area contributed by atoms with Crippen molar-refractivity contribution in [2.75, 3.05) is 33.2 Å². The van der Waals surface area contributed by atoms with Crippen molar-refractivity contribution in [3.8, 4) is 0 Å². The highest BCUT2D eigenvalue weighted by Crippen LogP contribution is 2.16. The molecule has 94 valence electrons. The van der Waals surface area contributed by atoms with Gasteiger partial charge in [0.2, 0.25) is 0 Å². The summed E-state index contributed by atoms with van der Waals surface area (Å²) < 4.78 is 5.22. The Balaban J connectivity index is 1.82. The molecule has 2 aromatic rings. The average Bonchev–Trinajstić information content (AvgIpc) is 2.86. The van der Waals surface area contributed by atoms with E-state index in [2.05, 4.69) is 16.9 Å². The van der Waals surface area contributed by atoms with E-state index in [1.54, 1.807) is 6.07 Å². The van der Waals surface area contributed by atoms with Crippen molar-refractivity contribution in [2.45, 2.75) is 0 Å². The van der Waals surface area contributed by atoms with E-state index in [1.165, 1.54) is 6.39 Å². The molecule has 0 N–H and O–H groups in total. The molecule has 0 atom stereocenters. The van der Waals surface area contributed by atoms with E-state index in [0.717, 1.165) is 31.7 Å². The first-order valence-corrected chi connectivity index (χ1v) is 6.05. The van der Waals surface area contributed by atoms with Crippen molar-refractivity contribution in [1.82, 2.24) is 14.8 Å². The van der Waals surface area contributed by atoms with Crippen LogP contribution >= 0.6 is 0 Å². The van der Waals surface area contributed by atoms with Crippen molar-refractivity contribution in [3.05, 3.63) is 30.2 Å². The molecule has 1 aliphatic rings. The van der Waals surface area contributed by atoms with E-state index in [-0.39, 0.29) is 5.91 Å². The standard InChI is InChI=1S/C13H15N3O2/c1-15-4-6-16(7-5-15)13(17)10-2-3-11-12(8-10)18-9-14-11/h2-3,8-9H,4-7H2,1H3. The first-order valence-electron chi connectivity index (χ1n) is 6.05. The maximum atomic E-state index is 12.3. The van der Waals surface area contributed by atoms with Crippen LogP contribution < -0.4 is 0 Å². The molecule has 5 heteroatoms. The molecule has 0 radical (unpaired) electrons. The fourth-order valence-corrected chi connectivity index (χ4v) is 2.18. The zero-order chi connectivity index (χ0) is 12.5. The number of rotatable bonds is 1. The summed E-state index contributed by atoms with van der Waals surface area (Å²) in [5.74, 6) is 0.0707. The Kier molecular flexibility index (Phi) is 2.76. The van der Waals surface area contributed by atoms with Crippen LogP contribution in [0.1, 0.15) is 10.4 Å². The maximum absolute atomic E-state index is 12.3. The molecule has 0 spiro atoms. The van der Waals surface area contributed by atoms with E-state index in [1.807, 2.05) is 17.0 Å². The van der Waals surface area contributed by atoms with Gasteiger partial charge in [0.05, 0.1) is 0 Å². The van der Waals surface area contributed by atoms with Crippen molar-refractivity contribution >= 4 is 17.0 Å². The molecule has 1 aromatic carbocycles. The topological polar surface area (TPSA) is 49.6 Å². The summed E-state index contributed by atoms with van der Waals surface area (Å²) in [6.07, 6.45) is 1.40. The smallest absolute Gasteiger partial charge is 0.254 e. The van der Waals surface area contributed by atoms with Crippen LogP contribution in [0, 0.1) is 0 Å². The molecule has 0 unspecified atom stereocenters. The Hall–Kier alpha value is -1.88. The van der Waals surface area contributed by atoms with Gasteiger partial charge in [-0.15, -0.1) is 0 Å². The highest BCUT2D eigenvalue weighted by molar-refractivity contribution is 5.97. The molecule has 18 heavy (non-hydrogen) atoms. The molecule has 0 saturated carbocycles. The Labute approximate surface area is 105 Å². The fourth-order valence-electron chi connectivity index (χ4n) is 2.18. The van der Waals surface area contributed by atoms with Crippen molar-refractivity contribution in [3.63, 3.8) is 0 Å². The third-order valence-electron chi connectivity index (χ3n) is 3.37. The third-order valence-corrected chi connectivity index (χ3v) is 3.37. The van der Waals surface area contributed by atoms with Crippen LogP contribution in [0.5, 0.6) is 0 Å². The van der Waals surface area contributed by atoms with Crippen LogP contribution in [0.15, 0.2) is 29.0 Å². The van der Waals surface area contributed by atoms with Crippen LogP contribution in [0.4, 0.5) is 0 Å². The number of nitrogens with zero attached hydrogens (tertiary/aromatic N) is 3. The predicted molar refractivity (Wildman–Crippen MR) is 67.4 cm³/mol. The second kappa shape index (κ2) is 4.42. The number of likely N-dealkylation sites (N-methyl/N-ethyl adjacent to an activating group) is 1. The van der Waals surface area contributed by atoms with Crippen molar-refractivity contribution in [1.29, 1.82) is 0 Å². The predicted octanol–water partition coefficient (Wildman–Crippen LogP) is 1.22. The molecule has 5 nitrogen and oxygen atoms in total. The summed E-state index contributed by atoms with van der Waals surface area (Å²) in [4.78, 5) is 20.5. The third kappa shape index (κ3) is 1.97. The molecule has 1 aliphatic heterocycles. The number of fused-ring (bicyclic) bond motifs is 1. The summed E-state index contributed by atoms with van der Waals surface area (Å²) in [7, 11) is 2.07. The number of amides is 1. The minimum absolute atomic E-state index is 0.0707. The summed E-state index contributed by atoms with van der Waals surface area (Å²) in [5.41, 5.74) is 2.11. The van der Waals surface area contributed by atoms with Gasteiger partial charge >= 0.3 is 0 Å². The zero-order valence-corrected chi connectivity index (χ0v) is 10.3. The average molecular weight is 245 g/mol. The second-order valence-corrected chi connectivity index (χ2v) is 4.63. The maximum Gasteiger partial charge on any atom is 0.254 e. The SMILES string of the molecule is CN1CCN(C(=O)c2ccc3ncoc3c2)CC1. The van der Waals surface area contributed by atoms with Gasteiger partial charge in [-0.25, -0.2) is 4.98 Å². The quantitative estimate of drug-likeness (QED) is 0.758. The van der Waals surface area contributed by atoms with Crippen LogP contribution in [0.3, 0.4) is 0 Å². The van der Waals surface area contributed by atoms with E-state index < -0.39 is 0 Å². The lowest BCUT2D eigenvalue weighted by atomic mass is 10.1. The lowest BCUT2D eigenvalue weighted by Crippen LogP contribution is -2.47. The summed E-state index contributed by atoms with van der Waals surface area (Å²) >= 11 is 0. The van der Waals surface area contributed by atoms with Gasteiger partial charge in [-0.3, -0.25) is 4.79 Å². The minimum Gasteiger partial charge on any atom is -0.443 e. The Morgan fingerprint density at radius 2 is 2.06 bits per heavy atom. The first-order chi connectivity index (χ1) is 8.74. The number of piperazine rings is 1. The van der Waals surface area contributed by atoms with E-state index in [4.69, 9.17) is 4.42 Å². The fraction of sp³-hybridized carbons (Fsp3) is 0.385.